The van der Waals surface area contributed by atoms with Crippen LogP contribution in [-0.4, -0.2) is 65.9 Å². The predicted octanol–water partition coefficient (Wildman–Crippen LogP) is -2.47. The van der Waals surface area contributed by atoms with Crippen molar-refractivity contribution in [3.8, 4) is 0 Å². The molecular weight excluding hydrogens is 396 g/mol. The lowest BCUT2D eigenvalue weighted by molar-refractivity contribution is -0.142. The maximum absolute atomic E-state index is 12.3. The molecule has 0 aliphatic rings. The molecule has 0 aromatic carbocycles. The first kappa shape index (κ1) is 27.3. The number of amides is 4. The lowest BCUT2D eigenvalue weighted by atomic mass is 9.99. The molecule has 0 aromatic rings. The predicted molar refractivity (Wildman–Crippen MR) is 109 cm³/mol. The number of primary amides is 1. The molecule has 172 valence electrons. The highest BCUT2D eigenvalue weighted by molar-refractivity contribution is 5.95. The zero-order valence-corrected chi connectivity index (χ0v) is 17.5. The number of aliphatic carboxylic acids is 1. The van der Waals surface area contributed by atoms with Crippen molar-refractivity contribution in [3.05, 3.63) is 0 Å². The van der Waals surface area contributed by atoms with Crippen molar-refractivity contribution in [2.45, 2.75) is 64.1 Å². The Labute approximate surface area is 175 Å². The van der Waals surface area contributed by atoms with E-state index in [1.807, 2.05) is 6.92 Å². The van der Waals surface area contributed by atoms with Crippen LogP contribution in [0.15, 0.2) is 0 Å². The molecular formula is C18H34N6O6. The molecule has 4 unspecified atom stereocenters. The van der Waals surface area contributed by atoms with Gasteiger partial charge in [0, 0.05) is 0 Å². The second kappa shape index (κ2) is 14.3. The van der Waals surface area contributed by atoms with Crippen LogP contribution < -0.4 is 33.2 Å². The minimum atomic E-state index is -1.31. The summed E-state index contributed by atoms with van der Waals surface area (Å²) < 4.78 is 0. The molecule has 0 saturated heterocycles. The maximum atomic E-state index is 12.3. The molecule has 0 aromatic heterocycles. The van der Waals surface area contributed by atoms with E-state index in [0.717, 1.165) is 0 Å². The monoisotopic (exact) mass is 430 g/mol. The number of hydrogen-bond acceptors (Lipinski definition) is 7. The van der Waals surface area contributed by atoms with Crippen molar-refractivity contribution in [1.82, 2.24) is 16.0 Å². The van der Waals surface area contributed by atoms with E-state index in [-0.39, 0.29) is 12.3 Å². The third kappa shape index (κ3) is 10.7. The first-order chi connectivity index (χ1) is 14.0. The van der Waals surface area contributed by atoms with Crippen molar-refractivity contribution >= 4 is 29.6 Å². The minimum Gasteiger partial charge on any atom is -0.480 e. The fourth-order valence-electron chi connectivity index (χ4n) is 2.48. The van der Waals surface area contributed by atoms with Crippen molar-refractivity contribution in [1.29, 1.82) is 0 Å². The van der Waals surface area contributed by atoms with Crippen LogP contribution >= 0.6 is 0 Å². The third-order valence-corrected chi connectivity index (χ3v) is 4.60. The number of hydrogen-bond donors (Lipinski definition) is 7. The van der Waals surface area contributed by atoms with Crippen LogP contribution in [-0.2, 0) is 24.0 Å². The van der Waals surface area contributed by atoms with E-state index in [1.165, 1.54) is 0 Å². The molecule has 10 N–H and O–H groups in total. The quantitative estimate of drug-likeness (QED) is 0.138. The largest absolute Gasteiger partial charge is 0.480 e. The first-order valence-electron chi connectivity index (χ1n) is 9.87. The summed E-state index contributed by atoms with van der Waals surface area (Å²) in [5.41, 5.74) is 16.3. The highest BCUT2D eigenvalue weighted by Crippen LogP contribution is 2.06. The Morgan fingerprint density at radius 2 is 1.63 bits per heavy atom. The zero-order valence-electron chi connectivity index (χ0n) is 17.5. The van der Waals surface area contributed by atoms with E-state index in [9.17, 15) is 24.0 Å². The second-order valence-corrected chi connectivity index (χ2v) is 7.10. The number of carboxylic acid groups (broad SMARTS) is 1. The smallest absolute Gasteiger partial charge is 0.326 e. The van der Waals surface area contributed by atoms with Gasteiger partial charge in [-0.2, -0.15) is 0 Å². The summed E-state index contributed by atoms with van der Waals surface area (Å²) in [5.74, 6) is -4.36. The van der Waals surface area contributed by atoms with Crippen LogP contribution in [0.3, 0.4) is 0 Å². The Hall–Kier alpha value is -2.73. The summed E-state index contributed by atoms with van der Waals surface area (Å²) in [6, 6.07) is -3.31. The fourth-order valence-corrected chi connectivity index (χ4v) is 2.48. The number of unbranched alkanes of at least 4 members (excludes halogenated alkanes) is 1. The number of rotatable bonds is 15. The van der Waals surface area contributed by atoms with Gasteiger partial charge in [0.2, 0.25) is 23.6 Å². The SMILES string of the molecule is CCC(C)C(N)C(=O)NC(CC(N)=O)C(=O)NCC(=O)NC(CCCCN)C(=O)O. The number of nitrogens with one attached hydrogen (secondary N) is 3. The molecule has 0 aliphatic carbocycles. The molecule has 0 rings (SSSR count). The van der Waals surface area contributed by atoms with Gasteiger partial charge >= 0.3 is 5.97 Å². The van der Waals surface area contributed by atoms with Gasteiger partial charge in [-0.05, 0) is 31.7 Å². The van der Waals surface area contributed by atoms with E-state index in [0.29, 0.717) is 25.8 Å². The molecule has 0 bridgehead atoms. The molecule has 0 spiro atoms. The molecule has 0 saturated carbocycles. The Morgan fingerprint density at radius 3 is 2.13 bits per heavy atom. The summed E-state index contributed by atoms with van der Waals surface area (Å²) in [6.07, 6.45) is 1.48. The van der Waals surface area contributed by atoms with Crippen LogP contribution in [0.4, 0.5) is 0 Å². The van der Waals surface area contributed by atoms with E-state index < -0.39 is 60.7 Å². The Bertz CT molecular complexity index is 614. The summed E-state index contributed by atoms with van der Waals surface area (Å²) in [6.45, 7) is 3.49. The summed E-state index contributed by atoms with van der Waals surface area (Å²) in [5, 5.41) is 16.1. The van der Waals surface area contributed by atoms with Crippen molar-refractivity contribution in [2.24, 2.45) is 23.1 Å². The molecule has 0 heterocycles. The molecule has 0 radical (unpaired) electrons. The van der Waals surface area contributed by atoms with E-state index >= 15 is 0 Å². The average Bonchev–Trinajstić information content (AvgIpc) is 2.68. The second-order valence-electron chi connectivity index (χ2n) is 7.10. The number of carboxylic acids is 1. The van der Waals surface area contributed by atoms with Gasteiger partial charge < -0.3 is 38.3 Å². The molecule has 12 nitrogen and oxygen atoms in total. The van der Waals surface area contributed by atoms with Crippen LogP contribution in [0, 0.1) is 5.92 Å². The minimum absolute atomic E-state index is 0.153. The number of carbonyl (C=O) groups excluding carboxylic acids is 4. The van der Waals surface area contributed by atoms with Gasteiger partial charge in [0.25, 0.3) is 0 Å². The summed E-state index contributed by atoms with van der Waals surface area (Å²) in [7, 11) is 0. The first-order valence-corrected chi connectivity index (χ1v) is 9.87. The maximum Gasteiger partial charge on any atom is 0.326 e. The number of carbonyl (C=O) groups is 5. The highest BCUT2D eigenvalue weighted by Gasteiger charge is 2.28. The van der Waals surface area contributed by atoms with Crippen molar-refractivity contribution in [3.63, 3.8) is 0 Å². The van der Waals surface area contributed by atoms with Gasteiger partial charge in [0.1, 0.15) is 12.1 Å². The zero-order chi connectivity index (χ0) is 23.3. The normalized spacial score (nSPS) is 14.7. The summed E-state index contributed by atoms with van der Waals surface area (Å²) in [4.78, 5) is 59.0. The van der Waals surface area contributed by atoms with Gasteiger partial charge in [-0.15, -0.1) is 0 Å². The van der Waals surface area contributed by atoms with E-state index in [4.69, 9.17) is 22.3 Å². The lowest BCUT2D eigenvalue weighted by Gasteiger charge is -2.22. The van der Waals surface area contributed by atoms with Gasteiger partial charge in [-0.3, -0.25) is 19.2 Å². The molecule has 0 aliphatic heterocycles. The molecule has 4 amide bonds. The molecule has 12 heteroatoms. The Morgan fingerprint density at radius 1 is 1.00 bits per heavy atom. The summed E-state index contributed by atoms with van der Waals surface area (Å²) >= 11 is 0. The average molecular weight is 431 g/mol. The Balaban J connectivity index is 4.83. The molecule has 4 atom stereocenters. The van der Waals surface area contributed by atoms with Crippen molar-refractivity contribution < 1.29 is 29.1 Å². The van der Waals surface area contributed by atoms with Gasteiger partial charge in [0.15, 0.2) is 0 Å². The van der Waals surface area contributed by atoms with Crippen molar-refractivity contribution in [2.75, 3.05) is 13.1 Å². The van der Waals surface area contributed by atoms with Crippen LogP contribution in [0.1, 0.15) is 46.0 Å². The number of nitrogens with two attached hydrogens (primary N) is 3. The topological polar surface area (TPSA) is 220 Å². The Kier molecular flexibility index (Phi) is 13.0. The standard InChI is InChI=1S/C18H34N6O6/c1-3-10(2)15(21)17(28)24-12(8-13(20)25)16(27)22-9-14(26)23-11(18(29)30)6-4-5-7-19/h10-12,15H,3-9,19,21H2,1-2H3,(H2,20,25)(H,22,27)(H,23,26)(H,24,28)(H,29,30). The lowest BCUT2D eigenvalue weighted by Crippen LogP contribution is -2.55. The van der Waals surface area contributed by atoms with E-state index in [2.05, 4.69) is 16.0 Å². The third-order valence-electron chi connectivity index (χ3n) is 4.60. The van der Waals surface area contributed by atoms with E-state index in [1.54, 1.807) is 6.92 Å². The molecule has 30 heavy (non-hydrogen) atoms. The highest BCUT2D eigenvalue weighted by atomic mass is 16.4. The van der Waals surface area contributed by atoms with Gasteiger partial charge in [-0.25, -0.2) is 4.79 Å². The van der Waals surface area contributed by atoms with Gasteiger partial charge in [-0.1, -0.05) is 20.3 Å². The van der Waals surface area contributed by atoms with Crippen LogP contribution in [0.5, 0.6) is 0 Å². The van der Waals surface area contributed by atoms with Crippen LogP contribution in [0.25, 0.3) is 0 Å². The van der Waals surface area contributed by atoms with Crippen LogP contribution in [0.2, 0.25) is 0 Å². The van der Waals surface area contributed by atoms with Gasteiger partial charge in [0.05, 0.1) is 19.0 Å². The fraction of sp³-hybridized carbons (Fsp3) is 0.722. The molecule has 0 fully saturated rings.